The first-order chi connectivity index (χ1) is 12.5. The first-order valence-electron chi connectivity index (χ1n) is 8.64. The van der Waals surface area contributed by atoms with Gasteiger partial charge in [0.1, 0.15) is 0 Å². The second-order valence-corrected chi connectivity index (χ2v) is 7.69. The zero-order valence-electron chi connectivity index (χ0n) is 14.7. The highest BCUT2D eigenvalue weighted by molar-refractivity contribution is 7.12. The zero-order chi connectivity index (χ0) is 18.5. The Balaban J connectivity index is 1.46. The first-order valence-corrected chi connectivity index (χ1v) is 9.90. The molecule has 26 heavy (non-hydrogen) atoms. The molecule has 1 aliphatic heterocycles. The molecular formula is C19H22ClN3O2S. The number of nitrogens with zero attached hydrogens (tertiary/aromatic N) is 2. The van der Waals surface area contributed by atoms with Crippen LogP contribution in [0.5, 0.6) is 0 Å². The molecule has 0 radical (unpaired) electrons. The summed E-state index contributed by atoms with van der Waals surface area (Å²) in [5.41, 5.74) is 1.05. The predicted molar refractivity (Wildman–Crippen MR) is 105 cm³/mol. The lowest BCUT2D eigenvalue weighted by molar-refractivity contribution is -0.131. The van der Waals surface area contributed by atoms with Crippen LogP contribution in [0.3, 0.4) is 0 Å². The first kappa shape index (κ1) is 18.9. The molecule has 5 nitrogen and oxygen atoms in total. The number of amides is 2. The highest BCUT2D eigenvalue weighted by Gasteiger charge is 2.25. The molecule has 1 saturated heterocycles. The lowest BCUT2D eigenvalue weighted by Crippen LogP contribution is -2.52. The fraction of sp³-hybridized carbons (Fsp3) is 0.368. The summed E-state index contributed by atoms with van der Waals surface area (Å²) in [6.07, 6.45) is 0. The number of thiophene rings is 1. The normalized spacial score (nSPS) is 15.8. The van der Waals surface area contributed by atoms with Gasteiger partial charge in [0.25, 0.3) is 5.91 Å². The van der Waals surface area contributed by atoms with Gasteiger partial charge in [-0.1, -0.05) is 29.8 Å². The van der Waals surface area contributed by atoms with Crippen molar-refractivity contribution < 1.29 is 9.59 Å². The molecule has 1 N–H and O–H groups in total. The fourth-order valence-electron chi connectivity index (χ4n) is 2.96. The van der Waals surface area contributed by atoms with Crippen LogP contribution in [0, 0.1) is 0 Å². The van der Waals surface area contributed by atoms with Gasteiger partial charge in [0, 0.05) is 37.2 Å². The molecule has 3 rings (SSSR count). The molecule has 2 amide bonds. The highest BCUT2D eigenvalue weighted by atomic mass is 35.5. The summed E-state index contributed by atoms with van der Waals surface area (Å²) in [7, 11) is 0. The van der Waals surface area contributed by atoms with Crippen LogP contribution in [0.15, 0.2) is 41.8 Å². The van der Waals surface area contributed by atoms with E-state index in [0.717, 1.165) is 10.4 Å². The Morgan fingerprint density at radius 3 is 2.54 bits per heavy atom. The minimum atomic E-state index is 0.0411. The van der Waals surface area contributed by atoms with Crippen molar-refractivity contribution in [2.24, 2.45) is 0 Å². The Kier molecular flexibility index (Phi) is 6.29. The van der Waals surface area contributed by atoms with Crippen molar-refractivity contribution in [3.8, 4) is 0 Å². The molecule has 2 aromatic rings. The number of carbonyl (C=O) groups excluding carboxylic acids is 2. The molecule has 2 heterocycles. The molecular weight excluding hydrogens is 370 g/mol. The zero-order valence-corrected chi connectivity index (χ0v) is 16.2. The van der Waals surface area contributed by atoms with E-state index in [2.05, 4.69) is 5.32 Å². The van der Waals surface area contributed by atoms with E-state index in [4.69, 9.17) is 11.6 Å². The number of hydrogen-bond donors (Lipinski definition) is 1. The van der Waals surface area contributed by atoms with Crippen LogP contribution in [0.4, 0.5) is 0 Å². The van der Waals surface area contributed by atoms with Crippen LogP contribution in [0.25, 0.3) is 0 Å². The van der Waals surface area contributed by atoms with Gasteiger partial charge in [-0.2, -0.15) is 0 Å². The highest BCUT2D eigenvalue weighted by Crippen LogP contribution is 2.17. The number of hydrogen-bond acceptors (Lipinski definition) is 4. The van der Waals surface area contributed by atoms with Gasteiger partial charge in [0.05, 0.1) is 11.4 Å². The molecule has 0 spiro atoms. The van der Waals surface area contributed by atoms with E-state index in [1.54, 1.807) is 0 Å². The fourth-order valence-corrected chi connectivity index (χ4v) is 3.85. The van der Waals surface area contributed by atoms with Gasteiger partial charge in [0.2, 0.25) is 5.91 Å². The third-order valence-electron chi connectivity index (χ3n) is 4.56. The lowest BCUT2D eigenvalue weighted by Gasteiger charge is -2.34. The van der Waals surface area contributed by atoms with Crippen molar-refractivity contribution >= 4 is 34.8 Å². The van der Waals surface area contributed by atoms with Crippen molar-refractivity contribution in [3.05, 3.63) is 57.2 Å². The van der Waals surface area contributed by atoms with Crippen LogP contribution in [0.1, 0.15) is 28.2 Å². The molecule has 1 fully saturated rings. The topological polar surface area (TPSA) is 52.7 Å². The van der Waals surface area contributed by atoms with Crippen LogP contribution in [-0.2, 0) is 4.79 Å². The third-order valence-corrected chi connectivity index (χ3v) is 5.65. The van der Waals surface area contributed by atoms with Crippen molar-refractivity contribution in [3.63, 3.8) is 0 Å². The van der Waals surface area contributed by atoms with Gasteiger partial charge >= 0.3 is 0 Å². The molecule has 0 unspecified atom stereocenters. The van der Waals surface area contributed by atoms with Gasteiger partial charge in [-0.3, -0.25) is 9.59 Å². The molecule has 0 saturated carbocycles. The van der Waals surface area contributed by atoms with Crippen molar-refractivity contribution in [1.29, 1.82) is 0 Å². The van der Waals surface area contributed by atoms with E-state index in [9.17, 15) is 9.59 Å². The second-order valence-electron chi connectivity index (χ2n) is 6.31. The largest absolute Gasteiger partial charge is 0.338 e. The Bertz CT molecular complexity index is 758. The molecule has 1 atom stereocenters. The maximum absolute atomic E-state index is 12.4. The molecule has 1 aromatic heterocycles. The summed E-state index contributed by atoms with van der Waals surface area (Å²) in [4.78, 5) is 29.2. The number of carbonyl (C=O) groups is 2. The van der Waals surface area contributed by atoms with E-state index in [1.807, 2.05) is 58.5 Å². The van der Waals surface area contributed by atoms with Gasteiger partial charge < -0.3 is 15.1 Å². The van der Waals surface area contributed by atoms with E-state index < -0.39 is 0 Å². The maximum atomic E-state index is 12.4. The number of benzene rings is 1. The van der Waals surface area contributed by atoms with E-state index >= 15 is 0 Å². The molecule has 138 valence electrons. The summed E-state index contributed by atoms with van der Waals surface area (Å²) in [5.74, 6) is 0.113. The van der Waals surface area contributed by atoms with E-state index in [-0.39, 0.29) is 24.4 Å². The number of rotatable bonds is 5. The molecule has 1 aromatic carbocycles. The Morgan fingerprint density at radius 2 is 1.88 bits per heavy atom. The molecule has 1 aliphatic rings. The van der Waals surface area contributed by atoms with E-state index in [0.29, 0.717) is 31.2 Å². The molecule has 7 heteroatoms. The summed E-state index contributed by atoms with van der Waals surface area (Å²) >= 11 is 7.47. The minimum absolute atomic E-state index is 0.0411. The smallest absolute Gasteiger partial charge is 0.264 e. The second kappa shape index (κ2) is 8.66. The lowest BCUT2D eigenvalue weighted by atomic mass is 10.1. The van der Waals surface area contributed by atoms with Crippen molar-refractivity contribution in [1.82, 2.24) is 15.1 Å². The van der Waals surface area contributed by atoms with Crippen molar-refractivity contribution in [2.45, 2.75) is 13.0 Å². The van der Waals surface area contributed by atoms with Crippen molar-refractivity contribution in [2.75, 3.05) is 32.7 Å². The quantitative estimate of drug-likeness (QED) is 0.852. The minimum Gasteiger partial charge on any atom is -0.338 e. The summed E-state index contributed by atoms with van der Waals surface area (Å²) in [6, 6.07) is 11.4. The number of piperazine rings is 1. The van der Waals surface area contributed by atoms with Crippen LogP contribution >= 0.6 is 22.9 Å². The summed E-state index contributed by atoms with van der Waals surface area (Å²) in [6.45, 7) is 4.58. The molecule has 0 bridgehead atoms. The van der Waals surface area contributed by atoms with E-state index in [1.165, 1.54) is 11.3 Å². The van der Waals surface area contributed by atoms with Gasteiger partial charge in [0.15, 0.2) is 0 Å². The standard InChI is InChI=1S/C19H22ClN3O2S/c1-14(15-4-2-5-16(20)12-15)21-13-18(24)22-7-9-23(10-8-22)19(25)17-6-3-11-26-17/h2-6,11-12,14,21H,7-10,13H2,1H3/t14-/m0/s1. The maximum Gasteiger partial charge on any atom is 0.264 e. The van der Waals surface area contributed by atoms with Crippen LogP contribution in [0.2, 0.25) is 5.02 Å². The Hall–Kier alpha value is -1.89. The van der Waals surface area contributed by atoms with Gasteiger partial charge in [-0.05, 0) is 36.1 Å². The number of nitrogens with one attached hydrogen (secondary N) is 1. The SMILES string of the molecule is C[C@H](NCC(=O)N1CCN(C(=O)c2cccs2)CC1)c1cccc(Cl)c1. The molecule has 0 aliphatic carbocycles. The third kappa shape index (κ3) is 4.63. The summed E-state index contributed by atoms with van der Waals surface area (Å²) < 4.78 is 0. The Labute approximate surface area is 162 Å². The number of halogens is 1. The van der Waals surface area contributed by atoms with Gasteiger partial charge in [-0.25, -0.2) is 0 Å². The average Bonchev–Trinajstić information content (AvgIpc) is 3.20. The van der Waals surface area contributed by atoms with Crippen LogP contribution < -0.4 is 5.32 Å². The monoisotopic (exact) mass is 391 g/mol. The average molecular weight is 392 g/mol. The summed E-state index contributed by atoms with van der Waals surface area (Å²) in [5, 5.41) is 5.84. The Morgan fingerprint density at radius 1 is 1.15 bits per heavy atom. The van der Waals surface area contributed by atoms with Crippen LogP contribution in [-0.4, -0.2) is 54.3 Å². The van der Waals surface area contributed by atoms with Gasteiger partial charge in [-0.15, -0.1) is 11.3 Å². The predicted octanol–water partition coefficient (Wildman–Crippen LogP) is 3.04.